The van der Waals surface area contributed by atoms with Crippen LogP contribution in [0.5, 0.6) is 0 Å². The van der Waals surface area contributed by atoms with Gasteiger partial charge in [0.05, 0.1) is 6.54 Å². The summed E-state index contributed by atoms with van der Waals surface area (Å²) in [4.78, 5) is 10.8. The summed E-state index contributed by atoms with van der Waals surface area (Å²) in [6, 6.07) is 0. The normalized spacial score (nSPS) is 12.8. The third-order valence-electron chi connectivity index (χ3n) is 1.08. The highest BCUT2D eigenvalue weighted by atomic mass is 19.3. The number of nitrogens with two attached hydrogens (primary N) is 1. The fourth-order valence-electron chi connectivity index (χ4n) is 0.525. The highest BCUT2D eigenvalue weighted by Crippen LogP contribution is 2.12. The van der Waals surface area contributed by atoms with Crippen molar-refractivity contribution in [2.45, 2.75) is 32.2 Å². The molecule has 0 rings (SSSR count). The quantitative estimate of drug-likeness (QED) is 0.650. The van der Waals surface area contributed by atoms with Gasteiger partial charge in [0, 0.05) is 5.54 Å². The minimum Gasteiger partial charge on any atom is -0.346 e. The van der Waals surface area contributed by atoms with Crippen LogP contribution in [0, 0.1) is 0 Å². The second-order valence-electron chi connectivity index (χ2n) is 3.61. The van der Waals surface area contributed by atoms with Crippen molar-refractivity contribution >= 4 is 5.91 Å². The maximum absolute atomic E-state index is 12.5. The molecule has 0 aliphatic carbocycles. The van der Waals surface area contributed by atoms with Gasteiger partial charge in [0.1, 0.15) is 0 Å². The van der Waals surface area contributed by atoms with Crippen molar-refractivity contribution in [2.75, 3.05) is 6.54 Å². The zero-order valence-electron chi connectivity index (χ0n) is 7.45. The molecule has 0 bridgehead atoms. The first-order chi connectivity index (χ1) is 5.19. The molecule has 0 aromatic carbocycles. The molecule has 3 nitrogen and oxygen atoms in total. The molecule has 0 heterocycles. The van der Waals surface area contributed by atoms with E-state index in [-0.39, 0.29) is 0 Å². The molecule has 12 heavy (non-hydrogen) atoms. The summed E-state index contributed by atoms with van der Waals surface area (Å²) in [6.07, 6.45) is 0. The Hall–Kier alpha value is -0.710. The zero-order valence-corrected chi connectivity index (χ0v) is 7.45. The minimum atomic E-state index is -3.46. The van der Waals surface area contributed by atoms with Crippen LogP contribution in [0.15, 0.2) is 0 Å². The highest BCUT2D eigenvalue weighted by Gasteiger charge is 2.38. The number of hydrogen-bond donors (Lipinski definition) is 2. The van der Waals surface area contributed by atoms with Gasteiger partial charge in [0.25, 0.3) is 5.91 Å². The number of carbonyl (C=O) groups is 1. The second-order valence-corrected chi connectivity index (χ2v) is 3.61. The molecule has 0 saturated carbocycles. The van der Waals surface area contributed by atoms with E-state index in [0.29, 0.717) is 0 Å². The first-order valence-electron chi connectivity index (χ1n) is 3.59. The molecule has 0 radical (unpaired) electrons. The van der Waals surface area contributed by atoms with Gasteiger partial charge in [-0.1, -0.05) is 0 Å². The smallest absolute Gasteiger partial charge is 0.336 e. The van der Waals surface area contributed by atoms with Crippen molar-refractivity contribution in [1.29, 1.82) is 0 Å². The number of rotatable bonds is 2. The zero-order chi connectivity index (χ0) is 9.99. The molecule has 72 valence electrons. The SMILES string of the molecule is CC(C)(C)NC(=O)C(F)(F)CN. The molecule has 0 unspecified atom stereocenters. The Morgan fingerprint density at radius 3 is 2.08 bits per heavy atom. The summed E-state index contributed by atoms with van der Waals surface area (Å²) in [5.41, 5.74) is 4.06. The summed E-state index contributed by atoms with van der Waals surface area (Å²) in [6.45, 7) is 3.90. The maximum Gasteiger partial charge on any atom is 0.336 e. The van der Waals surface area contributed by atoms with Crippen LogP contribution in [0.3, 0.4) is 0 Å². The van der Waals surface area contributed by atoms with Crippen molar-refractivity contribution in [3.05, 3.63) is 0 Å². The van der Waals surface area contributed by atoms with Crippen LogP contribution < -0.4 is 11.1 Å². The molecule has 0 saturated heterocycles. The third kappa shape index (κ3) is 3.61. The lowest BCUT2D eigenvalue weighted by molar-refractivity contribution is -0.145. The van der Waals surface area contributed by atoms with Crippen LogP contribution in [0.4, 0.5) is 8.78 Å². The average Bonchev–Trinajstić information content (AvgIpc) is 1.84. The highest BCUT2D eigenvalue weighted by molar-refractivity contribution is 5.84. The van der Waals surface area contributed by atoms with Gasteiger partial charge in [0.2, 0.25) is 0 Å². The van der Waals surface area contributed by atoms with Crippen LogP contribution >= 0.6 is 0 Å². The Morgan fingerprint density at radius 2 is 1.83 bits per heavy atom. The average molecular weight is 180 g/mol. The predicted octanol–water partition coefficient (Wildman–Crippen LogP) is 0.495. The first-order valence-corrected chi connectivity index (χ1v) is 3.59. The standard InChI is InChI=1S/C7H14F2N2O/c1-6(2,3)11-5(12)7(8,9)4-10/h4,10H2,1-3H3,(H,11,12). The molecule has 0 aromatic rings. The van der Waals surface area contributed by atoms with Crippen molar-refractivity contribution in [3.63, 3.8) is 0 Å². The van der Waals surface area contributed by atoms with Gasteiger partial charge >= 0.3 is 5.92 Å². The molecule has 0 spiro atoms. The Morgan fingerprint density at radius 1 is 1.42 bits per heavy atom. The molecule has 1 amide bonds. The fourth-order valence-corrected chi connectivity index (χ4v) is 0.525. The van der Waals surface area contributed by atoms with Gasteiger partial charge < -0.3 is 11.1 Å². The van der Waals surface area contributed by atoms with Crippen LogP contribution in [0.2, 0.25) is 0 Å². The van der Waals surface area contributed by atoms with Gasteiger partial charge in [-0.2, -0.15) is 8.78 Å². The topological polar surface area (TPSA) is 55.1 Å². The van der Waals surface area contributed by atoms with E-state index in [2.05, 4.69) is 5.32 Å². The largest absolute Gasteiger partial charge is 0.346 e. The number of alkyl halides is 2. The van der Waals surface area contributed by atoms with Crippen LogP contribution in [-0.2, 0) is 4.79 Å². The number of amides is 1. The lowest BCUT2D eigenvalue weighted by Gasteiger charge is -2.23. The van der Waals surface area contributed by atoms with E-state index in [4.69, 9.17) is 5.73 Å². The van der Waals surface area contributed by atoms with Crippen LogP contribution in [-0.4, -0.2) is 23.9 Å². The van der Waals surface area contributed by atoms with E-state index in [0.717, 1.165) is 0 Å². The fraction of sp³-hybridized carbons (Fsp3) is 0.857. The summed E-state index contributed by atoms with van der Waals surface area (Å²) in [5.74, 6) is -4.79. The molecular weight excluding hydrogens is 166 g/mol. The lowest BCUT2D eigenvalue weighted by atomic mass is 10.1. The van der Waals surface area contributed by atoms with Crippen LogP contribution in [0.25, 0.3) is 0 Å². The monoisotopic (exact) mass is 180 g/mol. The molecule has 0 fully saturated rings. The first kappa shape index (κ1) is 11.3. The number of carbonyl (C=O) groups excluding carboxylic acids is 1. The van der Waals surface area contributed by atoms with E-state index >= 15 is 0 Å². The number of nitrogens with one attached hydrogen (secondary N) is 1. The van der Waals surface area contributed by atoms with E-state index in [1.807, 2.05) is 0 Å². The van der Waals surface area contributed by atoms with E-state index in [1.165, 1.54) is 0 Å². The summed E-state index contributed by atoms with van der Waals surface area (Å²) < 4.78 is 25.1. The Kier molecular flexibility index (Phi) is 3.15. The summed E-state index contributed by atoms with van der Waals surface area (Å²) in [5, 5.41) is 2.14. The summed E-state index contributed by atoms with van der Waals surface area (Å²) in [7, 11) is 0. The van der Waals surface area contributed by atoms with Crippen molar-refractivity contribution in [1.82, 2.24) is 5.32 Å². The van der Waals surface area contributed by atoms with Crippen molar-refractivity contribution in [2.24, 2.45) is 5.73 Å². The van der Waals surface area contributed by atoms with Crippen LogP contribution in [0.1, 0.15) is 20.8 Å². The summed E-state index contributed by atoms with van der Waals surface area (Å²) >= 11 is 0. The molecule has 0 aliphatic heterocycles. The number of halogens is 2. The number of hydrogen-bond acceptors (Lipinski definition) is 2. The third-order valence-corrected chi connectivity index (χ3v) is 1.08. The molecule has 0 aromatic heterocycles. The Bertz CT molecular complexity index is 175. The van der Waals surface area contributed by atoms with E-state index < -0.39 is 23.9 Å². The molecule has 3 N–H and O–H groups in total. The lowest BCUT2D eigenvalue weighted by Crippen LogP contribution is -2.51. The Labute approximate surface area is 70.3 Å². The Balaban J connectivity index is 4.23. The van der Waals surface area contributed by atoms with E-state index in [1.54, 1.807) is 20.8 Å². The minimum absolute atomic E-state index is 0.657. The van der Waals surface area contributed by atoms with Crippen molar-refractivity contribution < 1.29 is 13.6 Å². The van der Waals surface area contributed by atoms with E-state index in [9.17, 15) is 13.6 Å². The molecule has 5 heteroatoms. The maximum atomic E-state index is 12.5. The van der Waals surface area contributed by atoms with Gasteiger partial charge in [0.15, 0.2) is 0 Å². The molecule has 0 atom stereocenters. The predicted molar refractivity (Wildman–Crippen MR) is 41.9 cm³/mol. The van der Waals surface area contributed by atoms with Gasteiger partial charge in [-0.05, 0) is 20.8 Å². The molecule has 0 aliphatic rings. The van der Waals surface area contributed by atoms with Crippen molar-refractivity contribution in [3.8, 4) is 0 Å². The van der Waals surface area contributed by atoms with Gasteiger partial charge in [-0.15, -0.1) is 0 Å². The van der Waals surface area contributed by atoms with Gasteiger partial charge in [-0.25, -0.2) is 0 Å². The second kappa shape index (κ2) is 3.35. The molecular formula is C7H14F2N2O. The van der Waals surface area contributed by atoms with Gasteiger partial charge in [-0.3, -0.25) is 4.79 Å².